The lowest BCUT2D eigenvalue weighted by Gasteiger charge is -2.10. The van der Waals surface area contributed by atoms with Gasteiger partial charge in [0.15, 0.2) is 0 Å². The Morgan fingerprint density at radius 2 is 0.642 bits per heavy atom. The summed E-state index contributed by atoms with van der Waals surface area (Å²) in [5.41, 5.74) is 14.1. The minimum Gasteiger partial charge on any atom is -0.356 e. The number of anilines is 2. The van der Waals surface area contributed by atoms with E-state index in [0.29, 0.717) is 0 Å². The zero-order valence-corrected chi connectivity index (χ0v) is 29.9. The highest BCUT2D eigenvalue weighted by molar-refractivity contribution is 6.11. The van der Waals surface area contributed by atoms with Gasteiger partial charge < -0.3 is 14.5 Å². The van der Waals surface area contributed by atoms with Crippen molar-refractivity contribution in [2.24, 2.45) is 0 Å². The average Bonchev–Trinajstić information content (AvgIpc) is 3.75. The number of benzene rings is 8. The van der Waals surface area contributed by atoms with Crippen LogP contribution in [0, 0.1) is 0 Å². The molecule has 0 aliphatic rings. The Labute approximate surface area is 310 Å². The molecule has 254 valence electrons. The summed E-state index contributed by atoms with van der Waals surface area (Å²) in [4.78, 5) is 0. The molecule has 0 radical (unpaired) electrons. The number of nitrogens with one attached hydrogen (secondary N) is 1. The van der Waals surface area contributed by atoms with Crippen molar-refractivity contribution in [1.29, 1.82) is 0 Å². The molecule has 0 saturated carbocycles. The second kappa shape index (κ2) is 13.7. The van der Waals surface area contributed by atoms with Crippen molar-refractivity contribution < 1.29 is 0 Å². The van der Waals surface area contributed by atoms with Crippen LogP contribution in [0.2, 0.25) is 0 Å². The van der Waals surface area contributed by atoms with Crippen LogP contribution < -0.4 is 5.32 Å². The number of nitrogens with zero attached hydrogens (tertiary/aromatic N) is 2. The lowest BCUT2D eigenvalue weighted by atomic mass is 10.0. The number of para-hydroxylation sites is 4. The Hall–Kier alpha value is -6.84. The van der Waals surface area contributed by atoms with Gasteiger partial charge in [-0.25, -0.2) is 0 Å². The van der Waals surface area contributed by atoms with Crippen LogP contribution in [-0.2, 0) is 0 Å². The van der Waals surface area contributed by atoms with Crippen molar-refractivity contribution in [3.63, 3.8) is 0 Å². The number of hydrogen-bond acceptors (Lipinski definition) is 1. The van der Waals surface area contributed by atoms with Gasteiger partial charge in [-0.15, -0.1) is 0 Å². The van der Waals surface area contributed by atoms with Gasteiger partial charge in [-0.1, -0.05) is 123 Å². The first-order chi connectivity index (χ1) is 26.3. The zero-order chi connectivity index (χ0) is 35.7. The Bertz CT molecular complexity index is 2650. The van der Waals surface area contributed by atoms with E-state index in [1.807, 2.05) is 13.8 Å². The van der Waals surface area contributed by atoms with Gasteiger partial charge in [-0.3, -0.25) is 0 Å². The van der Waals surface area contributed by atoms with E-state index in [-0.39, 0.29) is 0 Å². The predicted molar refractivity (Wildman–Crippen MR) is 227 cm³/mol. The summed E-state index contributed by atoms with van der Waals surface area (Å²) in [7, 11) is 0. The van der Waals surface area contributed by atoms with Crippen molar-refractivity contribution in [2.75, 3.05) is 5.32 Å². The molecule has 3 nitrogen and oxygen atoms in total. The fraction of sp³-hybridized carbons (Fsp3) is 0.0400. The summed E-state index contributed by atoms with van der Waals surface area (Å²) in [6.45, 7) is 4.00. The lowest BCUT2D eigenvalue weighted by molar-refractivity contribution is 1.18. The van der Waals surface area contributed by atoms with Crippen LogP contribution in [-0.4, -0.2) is 9.13 Å². The molecule has 53 heavy (non-hydrogen) atoms. The normalized spacial score (nSPS) is 11.2. The smallest absolute Gasteiger partial charge is 0.0541 e. The third-order valence-electron chi connectivity index (χ3n) is 10.1. The Morgan fingerprint density at radius 1 is 0.302 bits per heavy atom. The minimum absolute atomic E-state index is 1.06. The minimum atomic E-state index is 1.06. The molecule has 0 bridgehead atoms. The molecule has 0 fully saturated rings. The first-order valence-corrected chi connectivity index (χ1v) is 18.4. The molecule has 8 aromatic carbocycles. The maximum atomic E-state index is 3.61. The fourth-order valence-corrected chi connectivity index (χ4v) is 7.67. The maximum Gasteiger partial charge on any atom is 0.0541 e. The average molecular weight is 682 g/mol. The van der Waals surface area contributed by atoms with E-state index >= 15 is 0 Å². The first kappa shape index (κ1) is 32.1. The molecule has 0 aliphatic carbocycles. The second-order valence-electron chi connectivity index (χ2n) is 13.1. The van der Waals surface area contributed by atoms with E-state index in [9.17, 15) is 0 Å². The SMILES string of the molecule is CC.c1ccc(-n2c3ccccc3c3cc(-c4ccc(Nc5ccc(-c6ccc7c(c6)c6ccccc6n7-c6ccccc6)cc5)cc4)ccc32)cc1. The third-order valence-corrected chi connectivity index (χ3v) is 10.1. The first-order valence-electron chi connectivity index (χ1n) is 18.4. The molecule has 0 spiro atoms. The van der Waals surface area contributed by atoms with Gasteiger partial charge in [0.1, 0.15) is 0 Å². The van der Waals surface area contributed by atoms with Gasteiger partial charge in [0.25, 0.3) is 0 Å². The van der Waals surface area contributed by atoms with Crippen molar-refractivity contribution in [1.82, 2.24) is 9.13 Å². The zero-order valence-electron chi connectivity index (χ0n) is 29.9. The molecule has 0 amide bonds. The molecule has 2 aromatic heterocycles. The van der Waals surface area contributed by atoms with Gasteiger partial charge in [-0.05, 0) is 107 Å². The highest BCUT2D eigenvalue weighted by Gasteiger charge is 2.14. The number of aromatic nitrogens is 2. The van der Waals surface area contributed by atoms with E-state index in [1.165, 1.54) is 77.2 Å². The summed E-state index contributed by atoms with van der Waals surface area (Å²) in [5.74, 6) is 0. The van der Waals surface area contributed by atoms with Gasteiger partial charge >= 0.3 is 0 Å². The predicted octanol–water partition coefficient (Wildman–Crippen LogP) is 14.0. The topological polar surface area (TPSA) is 21.9 Å². The molecule has 10 aromatic rings. The van der Waals surface area contributed by atoms with Crippen LogP contribution >= 0.6 is 0 Å². The van der Waals surface area contributed by atoms with Crippen molar-refractivity contribution >= 4 is 55.0 Å². The number of rotatable bonds is 6. The van der Waals surface area contributed by atoms with Crippen LogP contribution in [0.5, 0.6) is 0 Å². The highest BCUT2D eigenvalue weighted by Crippen LogP contribution is 2.37. The molecule has 2 heterocycles. The molecule has 3 heteroatoms. The van der Waals surface area contributed by atoms with Crippen LogP contribution in [0.1, 0.15) is 13.8 Å². The largest absolute Gasteiger partial charge is 0.356 e. The third kappa shape index (κ3) is 5.73. The van der Waals surface area contributed by atoms with Crippen LogP contribution in [0.4, 0.5) is 11.4 Å². The standard InChI is InChI=1S/C48H33N3.C2H6/c1-3-11-39(12-4-1)50-45-17-9-7-15-41(45)43-31-35(23-29-47(43)50)33-19-25-37(26-20-33)49-38-27-21-34(22-28-38)36-24-30-48-44(32-36)42-16-8-10-18-46(42)51(48)40-13-5-2-6-14-40;1-2/h1-32,49H;1-2H3. The molecule has 0 atom stereocenters. The molecular weight excluding hydrogens is 643 g/mol. The van der Waals surface area contributed by atoms with E-state index in [4.69, 9.17) is 0 Å². The maximum absolute atomic E-state index is 3.61. The summed E-state index contributed by atoms with van der Waals surface area (Å²) in [5, 5.41) is 8.65. The summed E-state index contributed by atoms with van der Waals surface area (Å²) in [6, 6.07) is 69.7. The molecule has 10 rings (SSSR count). The number of hydrogen-bond donors (Lipinski definition) is 1. The van der Waals surface area contributed by atoms with Crippen molar-refractivity contribution in [2.45, 2.75) is 13.8 Å². The Kier molecular flexibility index (Phi) is 8.30. The van der Waals surface area contributed by atoms with Crippen molar-refractivity contribution in [3.8, 4) is 33.6 Å². The Morgan fingerprint density at radius 3 is 1.06 bits per heavy atom. The van der Waals surface area contributed by atoms with Gasteiger partial charge in [0, 0.05) is 44.3 Å². The molecule has 0 saturated heterocycles. The molecule has 0 unspecified atom stereocenters. The van der Waals surface area contributed by atoms with E-state index in [2.05, 4.69) is 209 Å². The number of fused-ring (bicyclic) bond motifs is 6. The quantitative estimate of drug-likeness (QED) is 0.185. The van der Waals surface area contributed by atoms with Crippen LogP contribution in [0.15, 0.2) is 194 Å². The molecule has 1 N–H and O–H groups in total. The van der Waals surface area contributed by atoms with E-state index in [1.54, 1.807) is 0 Å². The summed E-state index contributed by atoms with van der Waals surface area (Å²) in [6.07, 6.45) is 0. The van der Waals surface area contributed by atoms with Crippen molar-refractivity contribution in [3.05, 3.63) is 194 Å². The second-order valence-corrected chi connectivity index (χ2v) is 13.1. The van der Waals surface area contributed by atoms with Gasteiger partial charge in [0.2, 0.25) is 0 Å². The highest BCUT2D eigenvalue weighted by atomic mass is 15.0. The monoisotopic (exact) mass is 681 g/mol. The van der Waals surface area contributed by atoms with Gasteiger partial charge in [0.05, 0.1) is 22.1 Å². The Balaban J connectivity index is 0.00000183. The molecule has 0 aliphatic heterocycles. The fourth-order valence-electron chi connectivity index (χ4n) is 7.67. The van der Waals surface area contributed by atoms with E-state index in [0.717, 1.165) is 11.4 Å². The molecular formula is C50H39N3. The summed E-state index contributed by atoms with van der Waals surface area (Å²) < 4.78 is 4.71. The van der Waals surface area contributed by atoms with E-state index < -0.39 is 0 Å². The van der Waals surface area contributed by atoms with Crippen LogP contribution in [0.3, 0.4) is 0 Å². The van der Waals surface area contributed by atoms with Crippen LogP contribution in [0.25, 0.3) is 77.2 Å². The summed E-state index contributed by atoms with van der Waals surface area (Å²) >= 11 is 0. The lowest BCUT2D eigenvalue weighted by Crippen LogP contribution is -1.93. The van der Waals surface area contributed by atoms with Gasteiger partial charge in [-0.2, -0.15) is 0 Å².